The highest BCUT2D eigenvalue weighted by Gasteiger charge is 2.10. The van der Waals surface area contributed by atoms with Crippen molar-refractivity contribution in [2.45, 2.75) is 26.7 Å². The topological polar surface area (TPSA) is 35.2 Å². The maximum absolute atomic E-state index is 6.19. The van der Waals surface area contributed by atoms with Gasteiger partial charge in [0, 0.05) is 11.6 Å². The van der Waals surface area contributed by atoms with E-state index >= 15 is 0 Å². The largest absolute Gasteiger partial charge is 0.489 e. The van der Waals surface area contributed by atoms with Gasteiger partial charge >= 0.3 is 0 Å². The van der Waals surface area contributed by atoms with Crippen LogP contribution in [-0.4, -0.2) is 13.2 Å². The van der Waals surface area contributed by atoms with E-state index in [1.54, 1.807) is 0 Å². The lowest BCUT2D eigenvalue weighted by molar-refractivity contribution is 0.348. The van der Waals surface area contributed by atoms with Crippen LogP contribution in [0, 0.1) is 6.92 Å². The molecule has 0 aliphatic heterocycles. The molecule has 0 saturated carbocycles. The number of aryl methyl sites for hydroxylation is 1. The average molecular weight is 254 g/mol. The van der Waals surface area contributed by atoms with Gasteiger partial charge in [0.1, 0.15) is 12.4 Å². The Labute approximate surface area is 108 Å². The quantitative estimate of drug-likeness (QED) is 0.813. The Morgan fingerprint density at radius 3 is 2.65 bits per heavy atom. The minimum atomic E-state index is 0.378. The second-order valence-electron chi connectivity index (χ2n) is 4.54. The molecule has 0 heterocycles. The van der Waals surface area contributed by atoms with Crippen LogP contribution in [0.25, 0.3) is 0 Å². The lowest BCUT2D eigenvalue weighted by atomic mass is 10.0. The molecule has 1 aromatic carbocycles. The van der Waals surface area contributed by atoms with Gasteiger partial charge in [0.2, 0.25) is 0 Å². The number of benzene rings is 1. The summed E-state index contributed by atoms with van der Waals surface area (Å²) < 4.78 is 5.70. The lowest BCUT2D eigenvalue weighted by Crippen LogP contribution is -2.10. The average Bonchev–Trinajstić information content (AvgIpc) is 2.26. The second-order valence-corrected chi connectivity index (χ2v) is 4.94. The molecule has 2 N–H and O–H groups in total. The summed E-state index contributed by atoms with van der Waals surface area (Å²) in [6, 6.07) is 3.95. The zero-order valence-corrected chi connectivity index (χ0v) is 11.5. The molecule has 0 bridgehead atoms. The van der Waals surface area contributed by atoms with Gasteiger partial charge in [-0.25, -0.2) is 0 Å². The van der Waals surface area contributed by atoms with Crippen molar-refractivity contribution in [1.82, 2.24) is 0 Å². The summed E-state index contributed by atoms with van der Waals surface area (Å²) in [5.41, 5.74) is 8.49. The van der Waals surface area contributed by atoms with Crippen molar-refractivity contribution in [3.05, 3.63) is 40.4 Å². The first-order valence-electron chi connectivity index (χ1n) is 5.75. The van der Waals surface area contributed by atoms with E-state index in [4.69, 9.17) is 22.1 Å². The minimum absolute atomic E-state index is 0.378. The van der Waals surface area contributed by atoms with E-state index in [9.17, 15) is 0 Å². The summed E-state index contributed by atoms with van der Waals surface area (Å²) in [7, 11) is 0. The van der Waals surface area contributed by atoms with E-state index in [0.717, 1.165) is 27.5 Å². The Morgan fingerprint density at radius 1 is 1.47 bits per heavy atom. The molecule has 0 radical (unpaired) electrons. The summed E-state index contributed by atoms with van der Waals surface area (Å²) in [5.74, 6) is 1.23. The maximum atomic E-state index is 6.19. The molecule has 0 fully saturated rings. The van der Waals surface area contributed by atoms with Crippen LogP contribution in [0.5, 0.6) is 5.75 Å². The molecule has 0 amide bonds. The highest BCUT2D eigenvalue weighted by molar-refractivity contribution is 6.31. The van der Waals surface area contributed by atoms with Crippen LogP contribution in [0.1, 0.15) is 30.9 Å². The van der Waals surface area contributed by atoms with Gasteiger partial charge in [-0.3, -0.25) is 0 Å². The SMILES string of the molecule is C=C(CN)COc1cc(C(C)C)c(Cl)cc1C. The van der Waals surface area contributed by atoms with Crippen LogP contribution < -0.4 is 10.5 Å². The van der Waals surface area contributed by atoms with Gasteiger partial charge in [-0.1, -0.05) is 32.0 Å². The van der Waals surface area contributed by atoms with E-state index in [1.807, 2.05) is 19.1 Å². The molecule has 1 aromatic rings. The van der Waals surface area contributed by atoms with Crippen LogP contribution >= 0.6 is 11.6 Å². The van der Waals surface area contributed by atoms with Crippen molar-refractivity contribution in [3.8, 4) is 5.75 Å². The normalized spacial score (nSPS) is 10.7. The van der Waals surface area contributed by atoms with Crippen LogP contribution in [0.15, 0.2) is 24.3 Å². The first kappa shape index (κ1) is 14.1. The summed E-state index contributed by atoms with van der Waals surface area (Å²) in [6.07, 6.45) is 0. The van der Waals surface area contributed by atoms with E-state index in [2.05, 4.69) is 20.4 Å². The van der Waals surface area contributed by atoms with Crippen LogP contribution in [0.4, 0.5) is 0 Å². The van der Waals surface area contributed by atoms with Crippen molar-refractivity contribution in [3.63, 3.8) is 0 Å². The molecule has 3 heteroatoms. The Bertz CT molecular complexity index is 413. The smallest absolute Gasteiger partial charge is 0.123 e. The van der Waals surface area contributed by atoms with Crippen LogP contribution in [0.2, 0.25) is 5.02 Å². The van der Waals surface area contributed by atoms with E-state index in [-0.39, 0.29) is 0 Å². The first-order chi connectivity index (χ1) is 7.95. The zero-order chi connectivity index (χ0) is 13.0. The third kappa shape index (κ3) is 3.76. The van der Waals surface area contributed by atoms with E-state index in [1.165, 1.54) is 0 Å². The number of rotatable bonds is 5. The van der Waals surface area contributed by atoms with Gasteiger partial charge in [0.05, 0.1) is 0 Å². The molecule has 0 atom stereocenters. The fraction of sp³-hybridized carbons (Fsp3) is 0.429. The number of nitrogens with two attached hydrogens (primary N) is 1. The minimum Gasteiger partial charge on any atom is -0.489 e. The van der Waals surface area contributed by atoms with Crippen molar-refractivity contribution in [2.75, 3.05) is 13.2 Å². The number of ether oxygens (including phenoxy) is 1. The van der Waals surface area contributed by atoms with Crippen LogP contribution in [0.3, 0.4) is 0 Å². The van der Waals surface area contributed by atoms with Gasteiger partial charge in [-0.15, -0.1) is 0 Å². The van der Waals surface area contributed by atoms with Crippen molar-refractivity contribution < 1.29 is 4.74 Å². The van der Waals surface area contributed by atoms with E-state index in [0.29, 0.717) is 19.1 Å². The predicted molar refractivity (Wildman–Crippen MR) is 74.0 cm³/mol. The molecule has 17 heavy (non-hydrogen) atoms. The molecular weight excluding hydrogens is 234 g/mol. The summed E-state index contributed by atoms with van der Waals surface area (Å²) in [6.45, 7) is 10.9. The zero-order valence-electron chi connectivity index (χ0n) is 10.7. The molecule has 94 valence electrons. The summed E-state index contributed by atoms with van der Waals surface area (Å²) in [5, 5.41) is 0.794. The van der Waals surface area contributed by atoms with Gasteiger partial charge in [-0.05, 0) is 41.7 Å². The Kier molecular flexibility index (Phi) is 5.03. The highest BCUT2D eigenvalue weighted by Crippen LogP contribution is 2.31. The molecule has 0 unspecified atom stereocenters. The number of hydrogen-bond acceptors (Lipinski definition) is 2. The maximum Gasteiger partial charge on any atom is 0.123 e. The second kappa shape index (κ2) is 6.08. The Hall–Kier alpha value is -0.990. The third-order valence-electron chi connectivity index (χ3n) is 2.64. The lowest BCUT2D eigenvalue weighted by Gasteiger charge is -2.15. The molecule has 0 aliphatic carbocycles. The Balaban J connectivity index is 2.92. The molecule has 0 saturated heterocycles. The highest BCUT2D eigenvalue weighted by atomic mass is 35.5. The molecule has 2 nitrogen and oxygen atoms in total. The number of halogens is 1. The van der Waals surface area contributed by atoms with Crippen molar-refractivity contribution >= 4 is 11.6 Å². The van der Waals surface area contributed by atoms with Gasteiger partial charge < -0.3 is 10.5 Å². The molecule has 0 spiro atoms. The number of hydrogen-bond donors (Lipinski definition) is 1. The van der Waals surface area contributed by atoms with E-state index < -0.39 is 0 Å². The molecule has 0 aromatic heterocycles. The van der Waals surface area contributed by atoms with Gasteiger partial charge in [0.15, 0.2) is 0 Å². The van der Waals surface area contributed by atoms with Gasteiger partial charge in [0.25, 0.3) is 0 Å². The van der Waals surface area contributed by atoms with Crippen molar-refractivity contribution in [2.24, 2.45) is 5.73 Å². The fourth-order valence-corrected chi connectivity index (χ4v) is 1.94. The Morgan fingerprint density at radius 2 is 2.12 bits per heavy atom. The van der Waals surface area contributed by atoms with Gasteiger partial charge in [-0.2, -0.15) is 0 Å². The summed E-state index contributed by atoms with van der Waals surface area (Å²) in [4.78, 5) is 0. The third-order valence-corrected chi connectivity index (χ3v) is 2.96. The molecule has 1 rings (SSSR count). The standard InChI is InChI=1S/C14H20ClNO/c1-9(2)12-6-14(11(4)5-13(12)15)17-8-10(3)7-16/h5-6,9H,3,7-8,16H2,1-2,4H3. The molecule has 0 aliphatic rings. The predicted octanol–water partition coefficient (Wildman–Crippen LogP) is 3.67. The fourth-order valence-electron chi connectivity index (χ4n) is 1.51. The monoisotopic (exact) mass is 253 g/mol. The first-order valence-corrected chi connectivity index (χ1v) is 6.13. The molecular formula is C14H20ClNO. The van der Waals surface area contributed by atoms with Crippen LogP contribution in [-0.2, 0) is 0 Å². The van der Waals surface area contributed by atoms with Crippen molar-refractivity contribution in [1.29, 1.82) is 0 Å². The summed E-state index contributed by atoms with van der Waals surface area (Å²) >= 11 is 6.19.